The van der Waals surface area contributed by atoms with Gasteiger partial charge >= 0.3 is 5.97 Å². The summed E-state index contributed by atoms with van der Waals surface area (Å²) in [6.45, 7) is 13.2. The lowest BCUT2D eigenvalue weighted by molar-refractivity contribution is -0.152. The Morgan fingerprint density at radius 1 is 0.967 bits per heavy atom. The van der Waals surface area contributed by atoms with Gasteiger partial charge in [-0.15, -0.1) is 0 Å². The highest BCUT2D eigenvalue weighted by Crippen LogP contribution is 2.29. The molecule has 1 saturated heterocycles. The van der Waals surface area contributed by atoms with Crippen molar-refractivity contribution in [2.24, 2.45) is 0 Å². The van der Waals surface area contributed by atoms with E-state index in [0.29, 0.717) is 5.75 Å². The van der Waals surface area contributed by atoms with Gasteiger partial charge in [-0.25, -0.2) is 4.79 Å². The van der Waals surface area contributed by atoms with E-state index in [0.717, 1.165) is 54.9 Å². The first-order chi connectivity index (χ1) is 14.1. The number of piperazine rings is 1. The molecule has 0 unspecified atom stereocenters. The zero-order valence-corrected chi connectivity index (χ0v) is 19.8. The van der Waals surface area contributed by atoms with Gasteiger partial charge in [0, 0.05) is 43.7 Å². The molecule has 1 aliphatic rings. The predicted octanol–water partition coefficient (Wildman–Crippen LogP) is 4.63. The van der Waals surface area contributed by atoms with Crippen LogP contribution in [0.3, 0.4) is 0 Å². The average Bonchev–Trinajstić information content (AvgIpc) is 2.68. The van der Waals surface area contributed by atoms with Crippen LogP contribution in [0, 0.1) is 13.8 Å². The third-order valence-corrected chi connectivity index (χ3v) is 6.11. The zero-order valence-electron chi connectivity index (χ0n) is 18.2. The molecule has 0 bridgehead atoms. The Bertz CT molecular complexity index is 865. The number of rotatable bonds is 7. The topological polar surface area (TPSA) is 53.0 Å². The van der Waals surface area contributed by atoms with Gasteiger partial charge in [-0.1, -0.05) is 40.2 Å². The van der Waals surface area contributed by atoms with Gasteiger partial charge in [-0.3, -0.25) is 9.80 Å². The van der Waals surface area contributed by atoms with Gasteiger partial charge in [0.2, 0.25) is 0 Å². The molecule has 0 atom stereocenters. The molecule has 1 aliphatic heterocycles. The number of carbonyl (C=O) groups is 1. The van der Waals surface area contributed by atoms with E-state index in [9.17, 15) is 9.90 Å². The minimum absolute atomic E-state index is 0.672. The van der Waals surface area contributed by atoms with Crippen molar-refractivity contribution >= 4 is 21.9 Å². The fraction of sp³-hybridized carbons (Fsp3) is 0.458. The van der Waals surface area contributed by atoms with E-state index in [1.807, 2.05) is 13.8 Å². The van der Waals surface area contributed by atoms with Crippen LogP contribution in [0.2, 0.25) is 0 Å². The molecule has 6 heteroatoms. The van der Waals surface area contributed by atoms with E-state index < -0.39 is 11.6 Å². The predicted molar refractivity (Wildman–Crippen MR) is 123 cm³/mol. The summed E-state index contributed by atoms with van der Waals surface area (Å²) in [5.74, 6) is -0.295. The molecule has 0 aromatic heterocycles. The van der Waals surface area contributed by atoms with Crippen LogP contribution in [0.25, 0.3) is 0 Å². The molecule has 0 spiro atoms. The lowest BCUT2D eigenvalue weighted by Gasteiger charge is -2.35. The maximum absolute atomic E-state index is 11.4. The number of hydrogen-bond acceptors (Lipinski definition) is 4. The van der Waals surface area contributed by atoms with Crippen LogP contribution in [0.4, 0.5) is 0 Å². The molecular formula is C24H31BrN2O3. The summed E-state index contributed by atoms with van der Waals surface area (Å²) in [4.78, 5) is 16.4. The van der Waals surface area contributed by atoms with E-state index in [1.54, 1.807) is 13.8 Å². The first kappa shape index (κ1) is 22.8. The third kappa shape index (κ3) is 5.84. The van der Waals surface area contributed by atoms with Crippen LogP contribution in [0.5, 0.6) is 5.75 Å². The summed E-state index contributed by atoms with van der Waals surface area (Å²) in [7, 11) is 0. The number of benzene rings is 2. The normalized spacial score (nSPS) is 15.9. The number of carboxylic acid groups (broad SMARTS) is 1. The van der Waals surface area contributed by atoms with Crippen LogP contribution >= 0.6 is 15.9 Å². The number of aryl methyl sites for hydroxylation is 2. The van der Waals surface area contributed by atoms with Gasteiger partial charge in [0.15, 0.2) is 5.60 Å². The fourth-order valence-electron chi connectivity index (χ4n) is 3.80. The smallest absolute Gasteiger partial charge is 0.347 e. The molecule has 2 aromatic rings. The van der Waals surface area contributed by atoms with Crippen molar-refractivity contribution in [1.82, 2.24) is 9.80 Å². The summed E-state index contributed by atoms with van der Waals surface area (Å²) >= 11 is 3.49. The van der Waals surface area contributed by atoms with Gasteiger partial charge < -0.3 is 9.84 Å². The Hall–Kier alpha value is -1.89. The Kier molecular flexibility index (Phi) is 7.22. The SMILES string of the molecule is Cc1cc(CN2CCN(Cc3ccc(Br)cc3)CC2)cc(C)c1OC(C)(C)C(=O)O. The van der Waals surface area contributed by atoms with Gasteiger partial charge in [0.1, 0.15) is 5.75 Å². The standard InChI is InChI=1S/C24H31BrN2O3/c1-17-13-20(14-18(2)22(17)30-24(3,4)23(28)29)16-27-11-9-26(10-12-27)15-19-5-7-21(25)8-6-19/h5-8,13-14H,9-12,15-16H2,1-4H3,(H,28,29). The van der Waals surface area contributed by atoms with Crippen LogP contribution in [-0.2, 0) is 17.9 Å². The van der Waals surface area contributed by atoms with Gasteiger partial charge in [-0.2, -0.15) is 0 Å². The Balaban J connectivity index is 1.57. The molecule has 1 N–H and O–H groups in total. The number of ether oxygens (including phenoxy) is 1. The number of nitrogens with zero attached hydrogens (tertiary/aromatic N) is 2. The minimum atomic E-state index is -1.25. The molecular weight excluding hydrogens is 444 g/mol. The van der Waals surface area contributed by atoms with Crippen molar-refractivity contribution < 1.29 is 14.6 Å². The monoisotopic (exact) mass is 474 g/mol. The highest BCUT2D eigenvalue weighted by Gasteiger charge is 2.30. The van der Waals surface area contributed by atoms with Gasteiger partial charge in [-0.05, 0) is 62.1 Å². The van der Waals surface area contributed by atoms with Crippen LogP contribution in [0.1, 0.15) is 36.1 Å². The lowest BCUT2D eigenvalue weighted by Crippen LogP contribution is -2.45. The van der Waals surface area contributed by atoms with Crippen molar-refractivity contribution in [3.05, 3.63) is 63.1 Å². The molecule has 1 fully saturated rings. The molecule has 162 valence electrons. The summed E-state index contributed by atoms with van der Waals surface area (Å²) in [6, 6.07) is 12.8. The van der Waals surface area contributed by atoms with Gasteiger partial charge in [0.25, 0.3) is 0 Å². The van der Waals surface area contributed by atoms with Crippen LogP contribution in [-0.4, -0.2) is 52.7 Å². The van der Waals surface area contributed by atoms with Crippen LogP contribution in [0.15, 0.2) is 40.9 Å². The molecule has 0 aliphatic carbocycles. The van der Waals surface area contributed by atoms with Gasteiger partial charge in [0.05, 0.1) is 0 Å². The third-order valence-electron chi connectivity index (χ3n) is 5.58. The second kappa shape index (κ2) is 9.50. The molecule has 30 heavy (non-hydrogen) atoms. The maximum atomic E-state index is 11.4. The Labute approximate surface area is 187 Å². The lowest BCUT2D eigenvalue weighted by atomic mass is 10.0. The van der Waals surface area contributed by atoms with Crippen molar-refractivity contribution in [2.45, 2.75) is 46.4 Å². The Morgan fingerprint density at radius 2 is 1.43 bits per heavy atom. The number of carboxylic acids is 1. The molecule has 2 aromatic carbocycles. The first-order valence-electron chi connectivity index (χ1n) is 10.4. The summed E-state index contributed by atoms with van der Waals surface area (Å²) in [6.07, 6.45) is 0. The van der Waals surface area contributed by atoms with E-state index in [2.05, 4.69) is 62.1 Å². The fourth-order valence-corrected chi connectivity index (χ4v) is 4.07. The van der Waals surface area contributed by atoms with Crippen LogP contribution < -0.4 is 4.74 Å². The molecule has 0 saturated carbocycles. The molecule has 3 rings (SSSR count). The first-order valence-corrected chi connectivity index (χ1v) is 11.1. The zero-order chi connectivity index (χ0) is 21.9. The number of halogens is 1. The van der Waals surface area contributed by atoms with E-state index >= 15 is 0 Å². The molecule has 0 amide bonds. The highest BCUT2D eigenvalue weighted by molar-refractivity contribution is 9.10. The summed E-state index contributed by atoms with van der Waals surface area (Å²) < 4.78 is 6.94. The second-order valence-electron chi connectivity index (χ2n) is 8.66. The second-order valence-corrected chi connectivity index (χ2v) is 9.57. The maximum Gasteiger partial charge on any atom is 0.347 e. The Morgan fingerprint density at radius 3 is 1.90 bits per heavy atom. The largest absolute Gasteiger partial charge is 0.478 e. The number of hydrogen-bond donors (Lipinski definition) is 1. The van der Waals surface area contributed by atoms with Crippen molar-refractivity contribution in [2.75, 3.05) is 26.2 Å². The summed E-state index contributed by atoms with van der Waals surface area (Å²) in [5, 5.41) is 9.34. The minimum Gasteiger partial charge on any atom is -0.478 e. The van der Waals surface area contributed by atoms with Crippen molar-refractivity contribution in [3.8, 4) is 5.75 Å². The van der Waals surface area contributed by atoms with E-state index in [4.69, 9.17) is 4.74 Å². The van der Waals surface area contributed by atoms with E-state index in [1.165, 1.54) is 11.1 Å². The average molecular weight is 475 g/mol. The molecule has 1 heterocycles. The highest BCUT2D eigenvalue weighted by atomic mass is 79.9. The number of aliphatic carboxylic acids is 1. The van der Waals surface area contributed by atoms with Crippen molar-refractivity contribution in [3.63, 3.8) is 0 Å². The van der Waals surface area contributed by atoms with Crippen molar-refractivity contribution in [1.29, 1.82) is 0 Å². The van der Waals surface area contributed by atoms with E-state index in [-0.39, 0.29) is 0 Å². The molecule has 5 nitrogen and oxygen atoms in total. The molecule has 0 radical (unpaired) electrons. The quantitative estimate of drug-likeness (QED) is 0.633. The summed E-state index contributed by atoms with van der Waals surface area (Å²) in [5.41, 5.74) is 3.30.